The number of rotatable bonds is 7. The molecule has 1 aromatic rings. The lowest BCUT2D eigenvalue weighted by molar-refractivity contribution is 0.0870. The molecule has 0 saturated heterocycles. The topological polar surface area (TPSA) is 30.5 Å². The van der Waals surface area contributed by atoms with Crippen molar-refractivity contribution in [1.29, 1.82) is 0 Å². The molecule has 0 saturated carbocycles. The van der Waals surface area contributed by atoms with Gasteiger partial charge in [-0.25, -0.2) is 0 Å². The van der Waals surface area contributed by atoms with Gasteiger partial charge in [-0.1, -0.05) is 12.1 Å². The number of nitrogens with one attached hydrogen (secondary N) is 1. The average molecular weight is 223 g/mol. The van der Waals surface area contributed by atoms with Crippen LogP contribution in [0.4, 0.5) is 5.69 Å². The predicted molar refractivity (Wildman–Crippen MR) is 67.2 cm³/mol. The lowest BCUT2D eigenvalue weighted by Crippen LogP contribution is -2.13. The molecular weight excluding hydrogens is 202 g/mol. The zero-order valence-corrected chi connectivity index (χ0v) is 10.3. The highest BCUT2D eigenvalue weighted by atomic mass is 16.5. The monoisotopic (exact) mass is 223 g/mol. The fraction of sp³-hybridized carbons (Fsp3) is 0.538. The van der Waals surface area contributed by atoms with Crippen LogP contribution >= 0.6 is 0 Å². The standard InChI is InChI=1S/C13H21NO2/c1-4-15-13-8-6-5-7-12(13)14-9-10-16-11(2)3/h5-8,11,14H,4,9-10H2,1-3H3. The Balaban J connectivity index is 2.40. The number of ether oxygens (including phenoxy) is 2. The highest BCUT2D eigenvalue weighted by Gasteiger charge is 2.01. The average Bonchev–Trinajstić information content (AvgIpc) is 2.26. The van der Waals surface area contributed by atoms with E-state index in [1.165, 1.54) is 0 Å². The van der Waals surface area contributed by atoms with Gasteiger partial charge < -0.3 is 14.8 Å². The van der Waals surface area contributed by atoms with Gasteiger partial charge >= 0.3 is 0 Å². The van der Waals surface area contributed by atoms with Gasteiger partial charge in [0.1, 0.15) is 5.75 Å². The van der Waals surface area contributed by atoms with Gasteiger partial charge in [0.2, 0.25) is 0 Å². The molecule has 0 aromatic heterocycles. The van der Waals surface area contributed by atoms with Gasteiger partial charge in [-0.15, -0.1) is 0 Å². The van der Waals surface area contributed by atoms with Crippen LogP contribution in [0.3, 0.4) is 0 Å². The Morgan fingerprint density at radius 3 is 2.69 bits per heavy atom. The van der Waals surface area contributed by atoms with Crippen LogP contribution in [-0.4, -0.2) is 25.9 Å². The minimum Gasteiger partial charge on any atom is -0.492 e. The summed E-state index contributed by atoms with van der Waals surface area (Å²) < 4.78 is 11.0. The third-order valence-corrected chi connectivity index (χ3v) is 2.06. The maximum Gasteiger partial charge on any atom is 0.142 e. The molecule has 0 amide bonds. The maximum atomic E-state index is 5.51. The minimum absolute atomic E-state index is 0.281. The van der Waals surface area contributed by atoms with Crippen LogP contribution in [0.15, 0.2) is 24.3 Å². The second-order valence-electron chi connectivity index (χ2n) is 3.78. The van der Waals surface area contributed by atoms with E-state index in [4.69, 9.17) is 9.47 Å². The third kappa shape index (κ3) is 4.53. The van der Waals surface area contributed by atoms with Crippen molar-refractivity contribution in [1.82, 2.24) is 0 Å². The van der Waals surface area contributed by atoms with Crippen molar-refractivity contribution >= 4 is 5.69 Å². The molecule has 3 nitrogen and oxygen atoms in total. The molecule has 16 heavy (non-hydrogen) atoms. The van der Waals surface area contributed by atoms with Crippen molar-refractivity contribution in [3.63, 3.8) is 0 Å². The Labute approximate surface area is 97.8 Å². The van der Waals surface area contributed by atoms with Gasteiger partial charge in [0.15, 0.2) is 0 Å². The molecule has 0 radical (unpaired) electrons. The zero-order valence-electron chi connectivity index (χ0n) is 10.3. The van der Waals surface area contributed by atoms with Crippen LogP contribution in [-0.2, 0) is 4.74 Å². The molecule has 1 rings (SSSR count). The Kier molecular flexibility index (Phi) is 5.72. The van der Waals surface area contributed by atoms with Crippen molar-refractivity contribution in [2.75, 3.05) is 25.1 Å². The number of anilines is 1. The fourth-order valence-corrected chi connectivity index (χ4v) is 1.37. The first kappa shape index (κ1) is 12.8. The Hall–Kier alpha value is -1.22. The van der Waals surface area contributed by atoms with Gasteiger partial charge in [-0.05, 0) is 32.9 Å². The van der Waals surface area contributed by atoms with Crippen molar-refractivity contribution in [2.24, 2.45) is 0 Å². The molecular formula is C13H21NO2. The molecule has 0 spiro atoms. The summed E-state index contributed by atoms with van der Waals surface area (Å²) >= 11 is 0. The molecule has 0 aliphatic carbocycles. The SMILES string of the molecule is CCOc1ccccc1NCCOC(C)C. The van der Waals surface area contributed by atoms with E-state index in [2.05, 4.69) is 5.32 Å². The van der Waals surface area contributed by atoms with Crippen LogP contribution in [0.1, 0.15) is 20.8 Å². The van der Waals surface area contributed by atoms with E-state index in [9.17, 15) is 0 Å². The smallest absolute Gasteiger partial charge is 0.142 e. The molecule has 0 fully saturated rings. The van der Waals surface area contributed by atoms with Crippen molar-refractivity contribution in [2.45, 2.75) is 26.9 Å². The molecule has 0 bridgehead atoms. The molecule has 0 heterocycles. The molecule has 0 aliphatic rings. The lowest BCUT2D eigenvalue weighted by atomic mass is 10.3. The summed E-state index contributed by atoms with van der Waals surface area (Å²) in [4.78, 5) is 0. The predicted octanol–water partition coefficient (Wildman–Crippen LogP) is 2.92. The Bertz CT molecular complexity index is 300. The van der Waals surface area contributed by atoms with Crippen LogP contribution < -0.4 is 10.1 Å². The lowest BCUT2D eigenvalue weighted by Gasteiger charge is -2.13. The maximum absolute atomic E-state index is 5.51. The van der Waals surface area contributed by atoms with Gasteiger partial charge in [-0.2, -0.15) is 0 Å². The number of hydrogen-bond donors (Lipinski definition) is 1. The summed E-state index contributed by atoms with van der Waals surface area (Å²) in [6, 6.07) is 7.95. The van der Waals surface area contributed by atoms with E-state index >= 15 is 0 Å². The molecule has 1 aromatic carbocycles. The van der Waals surface area contributed by atoms with E-state index in [-0.39, 0.29) is 6.10 Å². The van der Waals surface area contributed by atoms with Crippen LogP contribution in [0.5, 0.6) is 5.75 Å². The number of benzene rings is 1. The Morgan fingerprint density at radius 1 is 1.25 bits per heavy atom. The molecule has 3 heteroatoms. The second-order valence-corrected chi connectivity index (χ2v) is 3.78. The Morgan fingerprint density at radius 2 is 2.00 bits per heavy atom. The summed E-state index contributed by atoms with van der Waals surface area (Å²) in [5, 5.41) is 3.30. The van der Waals surface area contributed by atoms with E-state index in [1.54, 1.807) is 0 Å². The highest BCUT2D eigenvalue weighted by Crippen LogP contribution is 2.23. The first-order valence-electron chi connectivity index (χ1n) is 5.81. The van der Waals surface area contributed by atoms with Gasteiger partial charge in [-0.3, -0.25) is 0 Å². The molecule has 0 atom stereocenters. The zero-order chi connectivity index (χ0) is 11.8. The summed E-state index contributed by atoms with van der Waals surface area (Å²) in [5.41, 5.74) is 1.02. The molecule has 0 unspecified atom stereocenters. The van der Waals surface area contributed by atoms with Crippen molar-refractivity contribution < 1.29 is 9.47 Å². The van der Waals surface area contributed by atoms with Crippen LogP contribution in [0, 0.1) is 0 Å². The number of hydrogen-bond acceptors (Lipinski definition) is 3. The first-order chi connectivity index (χ1) is 7.74. The van der Waals surface area contributed by atoms with Crippen molar-refractivity contribution in [3.8, 4) is 5.75 Å². The highest BCUT2D eigenvalue weighted by molar-refractivity contribution is 5.56. The van der Waals surface area contributed by atoms with Crippen molar-refractivity contribution in [3.05, 3.63) is 24.3 Å². The van der Waals surface area contributed by atoms with E-state index in [1.807, 2.05) is 45.0 Å². The van der Waals surface area contributed by atoms with Gasteiger partial charge in [0.05, 0.1) is 25.0 Å². The summed E-state index contributed by atoms with van der Waals surface area (Å²) in [7, 11) is 0. The van der Waals surface area contributed by atoms with Crippen LogP contribution in [0.25, 0.3) is 0 Å². The quantitative estimate of drug-likeness (QED) is 0.721. The summed E-state index contributed by atoms with van der Waals surface area (Å²) in [5.74, 6) is 0.898. The molecule has 0 aliphatic heterocycles. The molecule has 1 N–H and O–H groups in total. The van der Waals surface area contributed by atoms with Gasteiger partial charge in [0, 0.05) is 6.54 Å². The summed E-state index contributed by atoms with van der Waals surface area (Å²) in [6.45, 7) is 8.24. The van der Waals surface area contributed by atoms with E-state index in [0.29, 0.717) is 13.2 Å². The molecule has 90 valence electrons. The largest absolute Gasteiger partial charge is 0.492 e. The first-order valence-corrected chi connectivity index (χ1v) is 5.81. The van der Waals surface area contributed by atoms with E-state index < -0.39 is 0 Å². The van der Waals surface area contributed by atoms with E-state index in [0.717, 1.165) is 18.0 Å². The number of para-hydroxylation sites is 2. The normalized spacial score (nSPS) is 10.5. The second kappa shape index (κ2) is 7.12. The summed E-state index contributed by atoms with van der Waals surface area (Å²) in [6.07, 6.45) is 0.281. The third-order valence-electron chi connectivity index (χ3n) is 2.06. The fourth-order valence-electron chi connectivity index (χ4n) is 1.37. The van der Waals surface area contributed by atoms with Crippen LogP contribution in [0.2, 0.25) is 0 Å². The minimum atomic E-state index is 0.281. The van der Waals surface area contributed by atoms with Gasteiger partial charge in [0.25, 0.3) is 0 Å².